The topological polar surface area (TPSA) is 200 Å². The van der Waals surface area contributed by atoms with Crippen LogP contribution in [0.15, 0.2) is 121 Å². The molecule has 9 rings (SSSR count). The third-order valence-corrected chi connectivity index (χ3v) is 11.3. The van der Waals surface area contributed by atoms with Gasteiger partial charge >= 0.3 is 0 Å². The van der Waals surface area contributed by atoms with Crippen LogP contribution in [0.1, 0.15) is 95.9 Å². The van der Waals surface area contributed by atoms with E-state index in [1.807, 2.05) is 98.8 Å². The summed E-state index contributed by atoms with van der Waals surface area (Å²) in [7, 11) is 0. The fourth-order valence-corrected chi connectivity index (χ4v) is 7.87. The minimum absolute atomic E-state index is 0.117. The predicted octanol–water partition coefficient (Wildman–Crippen LogP) is 11.5. The van der Waals surface area contributed by atoms with E-state index in [0.717, 1.165) is 92.8 Å². The van der Waals surface area contributed by atoms with Gasteiger partial charge in [-0.3, -0.25) is 19.2 Å². The summed E-state index contributed by atoms with van der Waals surface area (Å²) in [6, 6.07) is 36.8. The maximum absolute atomic E-state index is 13.4. The summed E-state index contributed by atoms with van der Waals surface area (Å²) in [5.41, 5.74) is 10.6. The number of pyridine rings is 2. The number of fused-ring (bicyclic) bond motifs is 8. The maximum atomic E-state index is 13.4. The molecule has 4 amide bonds. The van der Waals surface area contributed by atoms with Crippen LogP contribution >= 0.6 is 0 Å². The summed E-state index contributed by atoms with van der Waals surface area (Å²) < 4.78 is 0. The number of aromatic nitrogens is 6. The van der Waals surface area contributed by atoms with Crippen molar-refractivity contribution in [3.05, 3.63) is 155 Å². The van der Waals surface area contributed by atoms with Crippen LogP contribution in [0.3, 0.4) is 0 Å². The third kappa shape index (κ3) is 10.5. The summed E-state index contributed by atoms with van der Waals surface area (Å²) in [5.74, 6) is 0.499. The van der Waals surface area contributed by atoms with Gasteiger partial charge in [-0.15, -0.1) is 0 Å². The molecule has 7 heterocycles. The summed E-state index contributed by atoms with van der Waals surface area (Å²) in [4.78, 5) is 77.3. The standard InChI is InChI=1S/C54H48N10O4/c1-3-5-13-49(65)61-45-9-7-11-47(59-45)63-53(67)35-19-15-33(16-20-35)51-41-27-23-37(55-41)31-39-25-29-43(57-39)52(44-30-26-40(58-44)32-38-24-28-42(51)56-38)34-17-21-36(22-18-34)54(68)64-48-12-8-10-46(60-48)62-50(66)14-6-4-2/h7-12,15-32,55,58H,3-6,13-14H2,1-2H3,(H2,59,61,63,65,67)(H2,60,62,64,66,68). The Bertz CT molecular complexity index is 3070. The predicted molar refractivity (Wildman–Crippen MR) is 270 cm³/mol. The molecule has 0 atom stereocenters. The second kappa shape index (κ2) is 20.2. The number of hydrogen-bond acceptors (Lipinski definition) is 8. The number of aromatic amines is 2. The highest BCUT2D eigenvalue weighted by Crippen LogP contribution is 2.33. The molecule has 14 heteroatoms. The van der Waals surface area contributed by atoms with Gasteiger partial charge < -0.3 is 31.2 Å². The van der Waals surface area contributed by atoms with E-state index in [1.165, 1.54) is 0 Å². The molecule has 0 unspecified atom stereocenters. The highest BCUT2D eigenvalue weighted by molar-refractivity contribution is 6.05. The minimum atomic E-state index is -0.337. The Morgan fingerprint density at radius 1 is 0.456 bits per heavy atom. The zero-order chi connectivity index (χ0) is 47.0. The van der Waals surface area contributed by atoms with E-state index < -0.39 is 0 Å². The van der Waals surface area contributed by atoms with Gasteiger partial charge in [-0.2, -0.15) is 0 Å². The van der Waals surface area contributed by atoms with Crippen LogP contribution in [0.2, 0.25) is 0 Å². The first-order valence-electron chi connectivity index (χ1n) is 22.7. The summed E-state index contributed by atoms with van der Waals surface area (Å²) >= 11 is 0. The second-order valence-corrected chi connectivity index (χ2v) is 16.4. The monoisotopic (exact) mass is 900 g/mol. The average Bonchev–Trinajstić information content (AvgIpc) is 4.19. The third-order valence-electron chi connectivity index (χ3n) is 11.3. The number of hydrogen-bond donors (Lipinski definition) is 6. The largest absolute Gasteiger partial charge is 0.355 e. The van der Waals surface area contributed by atoms with E-state index >= 15 is 0 Å². The highest BCUT2D eigenvalue weighted by atomic mass is 16.2. The van der Waals surface area contributed by atoms with Crippen molar-refractivity contribution < 1.29 is 19.2 Å². The molecule has 338 valence electrons. The van der Waals surface area contributed by atoms with Gasteiger partial charge in [0.25, 0.3) is 11.8 Å². The molecule has 0 fully saturated rings. The molecule has 0 radical (unpaired) electrons. The van der Waals surface area contributed by atoms with Crippen molar-refractivity contribution in [3.8, 4) is 22.3 Å². The molecule has 8 bridgehead atoms. The molecule has 0 saturated heterocycles. The number of nitrogens with zero attached hydrogens (tertiary/aromatic N) is 4. The van der Waals surface area contributed by atoms with Crippen molar-refractivity contribution in [1.82, 2.24) is 29.9 Å². The van der Waals surface area contributed by atoms with Gasteiger partial charge in [-0.05, 0) is 133 Å². The van der Waals surface area contributed by atoms with Crippen LogP contribution in [0.5, 0.6) is 0 Å². The first kappa shape index (κ1) is 44.4. The molecule has 0 saturated carbocycles. The quantitative estimate of drug-likeness (QED) is 0.0619. The molecule has 0 spiro atoms. The Kier molecular flexibility index (Phi) is 13.2. The van der Waals surface area contributed by atoms with Crippen molar-refractivity contribution >= 4 is 93.3 Å². The number of carbonyl (C=O) groups is 4. The molecule has 2 aliphatic rings. The van der Waals surface area contributed by atoms with Crippen molar-refractivity contribution in [2.45, 2.75) is 52.4 Å². The van der Waals surface area contributed by atoms with Crippen LogP contribution in [0, 0.1) is 0 Å². The lowest BCUT2D eigenvalue weighted by atomic mass is 10.0. The fourth-order valence-electron chi connectivity index (χ4n) is 7.87. The number of anilines is 4. The lowest BCUT2D eigenvalue weighted by molar-refractivity contribution is -0.117. The lowest BCUT2D eigenvalue weighted by Gasteiger charge is -2.09. The first-order chi connectivity index (χ1) is 33.2. The number of unbranched alkanes of at least 4 members (excludes halogenated alkanes) is 2. The summed E-state index contributed by atoms with van der Waals surface area (Å²) in [5, 5.41) is 11.3. The zero-order valence-electron chi connectivity index (χ0n) is 37.5. The van der Waals surface area contributed by atoms with Gasteiger partial charge in [0.15, 0.2) is 0 Å². The molecule has 6 N–H and O–H groups in total. The zero-order valence-corrected chi connectivity index (χ0v) is 37.5. The minimum Gasteiger partial charge on any atom is -0.355 e. The smallest absolute Gasteiger partial charge is 0.256 e. The molecule has 2 aliphatic heterocycles. The fraction of sp³-hybridized carbons (Fsp3) is 0.148. The van der Waals surface area contributed by atoms with Crippen LogP contribution < -0.4 is 21.3 Å². The molecule has 0 aliphatic carbocycles. The van der Waals surface area contributed by atoms with E-state index in [2.05, 4.69) is 41.2 Å². The molecule has 2 aromatic carbocycles. The van der Waals surface area contributed by atoms with E-state index in [-0.39, 0.29) is 23.6 Å². The number of H-pyrrole nitrogens is 2. The van der Waals surface area contributed by atoms with Crippen molar-refractivity contribution in [1.29, 1.82) is 0 Å². The van der Waals surface area contributed by atoms with E-state index in [9.17, 15) is 19.2 Å². The molecule has 7 aromatic rings. The molecular weight excluding hydrogens is 853 g/mol. The first-order valence-corrected chi connectivity index (χ1v) is 22.7. The number of nitrogens with one attached hydrogen (secondary N) is 6. The molecule has 68 heavy (non-hydrogen) atoms. The Balaban J connectivity index is 0.996. The lowest BCUT2D eigenvalue weighted by Crippen LogP contribution is -2.15. The number of rotatable bonds is 14. The van der Waals surface area contributed by atoms with E-state index in [0.29, 0.717) is 47.2 Å². The number of benzene rings is 2. The molecular formula is C54H48N10O4. The Labute approximate surface area is 392 Å². The SMILES string of the molecule is CCCCC(=O)Nc1cccc(NC(=O)c2ccc(-c3c4nc(cc5ccc([nH]5)c(-c5ccc(C(=O)Nc6cccc(NC(=O)CCCC)n6)cc5)c5nc(cc6ccc3[nH]6)C=C5)C=C4)cc2)n1. The Hall–Kier alpha value is -8.78. The number of amides is 4. The van der Waals surface area contributed by atoms with Crippen LogP contribution in [-0.4, -0.2) is 53.5 Å². The van der Waals surface area contributed by atoms with Crippen LogP contribution in [0.4, 0.5) is 23.3 Å². The Morgan fingerprint density at radius 3 is 1.25 bits per heavy atom. The average molecular weight is 901 g/mol. The van der Waals surface area contributed by atoms with Gasteiger partial charge in [0.1, 0.15) is 23.3 Å². The van der Waals surface area contributed by atoms with Crippen molar-refractivity contribution in [3.63, 3.8) is 0 Å². The van der Waals surface area contributed by atoms with Gasteiger partial charge in [0, 0.05) is 57.2 Å². The normalized spacial score (nSPS) is 11.6. The van der Waals surface area contributed by atoms with Gasteiger partial charge in [-0.25, -0.2) is 19.9 Å². The van der Waals surface area contributed by atoms with Crippen LogP contribution in [0.25, 0.3) is 68.6 Å². The molecule has 5 aromatic heterocycles. The highest BCUT2D eigenvalue weighted by Gasteiger charge is 2.16. The van der Waals surface area contributed by atoms with E-state index in [4.69, 9.17) is 9.97 Å². The summed E-state index contributed by atoms with van der Waals surface area (Å²) in [6.45, 7) is 4.06. The second-order valence-electron chi connectivity index (χ2n) is 16.4. The van der Waals surface area contributed by atoms with Crippen molar-refractivity contribution in [2.75, 3.05) is 21.3 Å². The Morgan fingerprint density at radius 2 is 0.853 bits per heavy atom. The van der Waals surface area contributed by atoms with Crippen LogP contribution in [-0.2, 0) is 9.59 Å². The van der Waals surface area contributed by atoms with E-state index in [1.54, 1.807) is 60.7 Å². The number of carbonyl (C=O) groups excluding carboxylic acids is 4. The molecule has 14 nitrogen and oxygen atoms in total. The van der Waals surface area contributed by atoms with Gasteiger partial charge in [0.05, 0.1) is 22.8 Å². The summed E-state index contributed by atoms with van der Waals surface area (Å²) in [6.07, 6.45) is 12.1. The van der Waals surface area contributed by atoms with Crippen molar-refractivity contribution in [2.24, 2.45) is 0 Å². The van der Waals surface area contributed by atoms with Gasteiger partial charge in [0.2, 0.25) is 11.8 Å². The maximum Gasteiger partial charge on any atom is 0.256 e. The van der Waals surface area contributed by atoms with Gasteiger partial charge in [-0.1, -0.05) is 63.1 Å².